The van der Waals surface area contributed by atoms with Crippen LogP contribution >= 0.6 is 0 Å². The third-order valence-corrected chi connectivity index (χ3v) is 3.72. The van der Waals surface area contributed by atoms with E-state index in [9.17, 15) is 4.79 Å². The van der Waals surface area contributed by atoms with E-state index in [4.69, 9.17) is 9.84 Å². The third-order valence-electron chi connectivity index (χ3n) is 3.72. The molecule has 0 aromatic rings. The van der Waals surface area contributed by atoms with Gasteiger partial charge in [0.25, 0.3) is 0 Å². The first kappa shape index (κ1) is 10.9. The lowest BCUT2D eigenvalue weighted by Crippen LogP contribution is -2.41. The lowest BCUT2D eigenvalue weighted by molar-refractivity contribution is -0.151. The van der Waals surface area contributed by atoms with Gasteiger partial charge >= 0.3 is 5.97 Å². The lowest BCUT2D eigenvalue weighted by Gasteiger charge is -2.37. The van der Waals surface area contributed by atoms with Crippen LogP contribution in [0.3, 0.4) is 0 Å². The number of ether oxygens (including phenoxy) is 1. The van der Waals surface area contributed by atoms with Crippen LogP contribution < -0.4 is 5.32 Å². The summed E-state index contributed by atoms with van der Waals surface area (Å²) in [5.74, 6) is -0.0466. The normalized spacial score (nSPS) is 33.9. The zero-order valence-electron chi connectivity index (χ0n) is 8.95. The monoisotopic (exact) mass is 213 g/mol. The predicted molar refractivity (Wildman–Crippen MR) is 55.6 cm³/mol. The summed E-state index contributed by atoms with van der Waals surface area (Å²) in [5.41, 5.74) is 0. The number of piperidine rings is 1. The molecule has 0 aromatic carbocycles. The molecule has 0 saturated carbocycles. The van der Waals surface area contributed by atoms with Gasteiger partial charge in [0.15, 0.2) is 0 Å². The average Bonchev–Trinajstić information content (AvgIpc) is 2.30. The maximum absolute atomic E-state index is 11.1. The van der Waals surface area contributed by atoms with Crippen LogP contribution in [0.4, 0.5) is 0 Å². The third kappa shape index (κ3) is 2.49. The number of carbonyl (C=O) groups is 1. The van der Waals surface area contributed by atoms with Gasteiger partial charge in [0, 0.05) is 6.61 Å². The number of aliphatic carboxylic acids is 1. The van der Waals surface area contributed by atoms with E-state index in [2.05, 4.69) is 5.32 Å². The molecule has 0 aliphatic carbocycles. The zero-order chi connectivity index (χ0) is 10.7. The van der Waals surface area contributed by atoms with Gasteiger partial charge in [0.05, 0.1) is 12.5 Å². The minimum absolute atomic E-state index is 0.276. The number of carboxylic acids is 1. The molecule has 86 valence electrons. The first-order chi connectivity index (χ1) is 7.29. The number of nitrogens with one attached hydrogen (secondary N) is 1. The van der Waals surface area contributed by atoms with Crippen LogP contribution in [0.1, 0.15) is 19.3 Å². The van der Waals surface area contributed by atoms with Gasteiger partial charge in [-0.2, -0.15) is 0 Å². The molecule has 2 atom stereocenters. The molecule has 2 heterocycles. The standard InChI is InChI=1S/C11H19NO3/c13-11(14)10-7-15-6-3-9(10)8-1-4-12-5-2-8/h8-10,12H,1-7H2,(H,13,14). The van der Waals surface area contributed by atoms with Crippen LogP contribution in [0.15, 0.2) is 0 Å². The molecule has 2 unspecified atom stereocenters. The van der Waals surface area contributed by atoms with Gasteiger partial charge in [-0.25, -0.2) is 0 Å². The maximum Gasteiger partial charge on any atom is 0.309 e. The molecule has 4 nitrogen and oxygen atoms in total. The SMILES string of the molecule is O=C(O)C1COCCC1C1CCNCC1. The van der Waals surface area contributed by atoms with E-state index >= 15 is 0 Å². The van der Waals surface area contributed by atoms with Crippen molar-refractivity contribution < 1.29 is 14.6 Å². The molecule has 2 rings (SSSR count). The Bertz CT molecular complexity index is 226. The molecule has 2 aliphatic rings. The predicted octanol–water partition coefficient (Wildman–Crippen LogP) is 0.723. The summed E-state index contributed by atoms with van der Waals surface area (Å²) in [5, 5.41) is 12.5. The van der Waals surface area contributed by atoms with E-state index in [0.29, 0.717) is 18.4 Å². The first-order valence-corrected chi connectivity index (χ1v) is 5.80. The molecular formula is C11H19NO3. The zero-order valence-corrected chi connectivity index (χ0v) is 8.95. The fraction of sp³-hybridized carbons (Fsp3) is 0.909. The highest BCUT2D eigenvalue weighted by molar-refractivity contribution is 5.70. The van der Waals surface area contributed by atoms with E-state index < -0.39 is 5.97 Å². The van der Waals surface area contributed by atoms with Gasteiger partial charge < -0.3 is 15.2 Å². The highest BCUT2D eigenvalue weighted by Crippen LogP contribution is 2.34. The summed E-state index contributed by atoms with van der Waals surface area (Å²) in [7, 11) is 0. The maximum atomic E-state index is 11.1. The van der Waals surface area contributed by atoms with Crippen molar-refractivity contribution >= 4 is 5.97 Å². The van der Waals surface area contributed by atoms with Crippen molar-refractivity contribution in [3.63, 3.8) is 0 Å². The van der Waals surface area contributed by atoms with Crippen molar-refractivity contribution in [3.8, 4) is 0 Å². The minimum atomic E-state index is -0.682. The summed E-state index contributed by atoms with van der Waals surface area (Å²) in [6, 6.07) is 0. The fourth-order valence-electron chi connectivity index (χ4n) is 2.85. The molecular weight excluding hydrogens is 194 g/mol. The summed E-state index contributed by atoms with van der Waals surface area (Å²) in [4.78, 5) is 11.1. The van der Waals surface area contributed by atoms with Crippen molar-refractivity contribution in [2.24, 2.45) is 17.8 Å². The molecule has 15 heavy (non-hydrogen) atoms. The van der Waals surface area contributed by atoms with Gasteiger partial charge in [-0.15, -0.1) is 0 Å². The minimum Gasteiger partial charge on any atom is -0.481 e. The van der Waals surface area contributed by atoms with Gasteiger partial charge in [-0.05, 0) is 44.2 Å². The van der Waals surface area contributed by atoms with E-state index in [-0.39, 0.29) is 5.92 Å². The Morgan fingerprint density at radius 2 is 2.00 bits per heavy atom. The van der Waals surface area contributed by atoms with Crippen LogP contribution in [-0.4, -0.2) is 37.4 Å². The Kier molecular flexibility index (Phi) is 3.59. The topological polar surface area (TPSA) is 58.6 Å². The van der Waals surface area contributed by atoms with E-state index in [0.717, 1.165) is 39.0 Å². The van der Waals surface area contributed by atoms with E-state index in [1.165, 1.54) is 0 Å². The van der Waals surface area contributed by atoms with Crippen LogP contribution in [-0.2, 0) is 9.53 Å². The fourth-order valence-corrected chi connectivity index (χ4v) is 2.85. The van der Waals surface area contributed by atoms with Crippen LogP contribution in [0, 0.1) is 17.8 Å². The van der Waals surface area contributed by atoms with Crippen LogP contribution in [0.5, 0.6) is 0 Å². The largest absolute Gasteiger partial charge is 0.481 e. The van der Waals surface area contributed by atoms with Crippen molar-refractivity contribution in [2.75, 3.05) is 26.3 Å². The molecule has 2 N–H and O–H groups in total. The quantitative estimate of drug-likeness (QED) is 0.709. The first-order valence-electron chi connectivity index (χ1n) is 5.80. The van der Waals surface area contributed by atoms with E-state index in [1.807, 2.05) is 0 Å². The Hall–Kier alpha value is -0.610. The van der Waals surface area contributed by atoms with Gasteiger partial charge in [0.1, 0.15) is 0 Å². The van der Waals surface area contributed by atoms with E-state index in [1.54, 1.807) is 0 Å². The van der Waals surface area contributed by atoms with Crippen molar-refractivity contribution in [2.45, 2.75) is 19.3 Å². The number of hydrogen-bond acceptors (Lipinski definition) is 3. The Balaban J connectivity index is 1.99. The second kappa shape index (κ2) is 4.94. The number of carboxylic acid groups (broad SMARTS) is 1. The lowest BCUT2D eigenvalue weighted by atomic mass is 9.74. The Morgan fingerprint density at radius 3 is 2.67 bits per heavy atom. The number of rotatable bonds is 2. The molecule has 2 aliphatic heterocycles. The smallest absolute Gasteiger partial charge is 0.309 e. The summed E-state index contributed by atoms with van der Waals surface area (Å²) < 4.78 is 5.27. The summed E-state index contributed by atoms with van der Waals surface area (Å²) in [6.07, 6.45) is 3.16. The molecule has 0 aromatic heterocycles. The molecule has 0 bridgehead atoms. The van der Waals surface area contributed by atoms with Gasteiger partial charge in [0.2, 0.25) is 0 Å². The molecule has 0 radical (unpaired) electrons. The highest BCUT2D eigenvalue weighted by atomic mass is 16.5. The van der Waals surface area contributed by atoms with Crippen molar-refractivity contribution in [3.05, 3.63) is 0 Å². The second-order valence-electron chi connectivity index (χ2n) is 4.56. The van der Waals surface area contributed by atoms with Crippen molar-refractivity contribution in [1.82, 2.24) is 5.32 Å². The van der Waals surface area contributed by atoms with Crippen molar-refractivity contribution in [1.29, 1.82) is 0 Å². The van der Waals surface area contributed by atoms with Gasteiger partial charge in [-0.1, -0.05) is 0 Å². The highest BCUT2D eigenvalue weighted by Gasteiger charge is 2.36. The average molecular weight is 213 g/mol. The Labute approximate surface area is 90.0 Å². The molecule has 2 fully saturated rings. The number of hydrogen-bond donors (Lipinski definition) is 2. The van der Waals surface area contributed by atoms with Crippen LogP contribution in [0.2, 0.25) is 0 Å². The molecule has 2 saturated heterocycles. The second-order valence-corrected chi connectivity index (χ2v) is 4.56. The molecule has 4 heteroatoms. The molecule has 0 amide bonds. The Morgan fingerprint density at radius 1 is 1.27 bits per heavy atom. The summed E-state index contributed by atoms with van der Waals surface area (Å²) in [6.45, 7) is 3.21. The molecule has 0 spiro atoms. The van der Waals surface area contributed by atoms with Gasteiger partial charge in [-0.3, -0.25) is 4.79 Å². The van der Waals surface area contributed by atoms with Crippen LogP contribution in [0.25, 0.3) is 0 Å². The summed E-state index contributed by atoms with van der Waals surface area (Å²) >= 11 is 0.